The Labute approximate surface area is 306 Å². The van der Waals surface area contributed by atoms with Crippen molar-refractivity contribution >= 4 is 76.0 Å². The van der Waals surface area contributed by atoms with Gasteiger partial charge < -0.3 is 24.8 Å². The molecule has 13 heteroatoms. The fourth-order valence-corrected chi connectivity index (χ4v) is 7.85. The van der Waals surface area contributed by atoms with Crippen LogP contribution in [0.5, 0.6) is 0 Å². The summed E-state index contributed by atoms with van der Waals surface area (Å²) in [5, 5.41) is 13.6. The number of carbonyl (C=O) groups excluding carboxylic acids is 5. The Balaban J connectivity index is 0.000000151. The molecule has 2 aliphatic carbocycles. The van der Waals surface area contributed by atoms with Crippen LogP contribution in [-0.4, -0.2) is 93.7 Å². The van der Waals surface area contributed by atoms with E-state index in [0.29, 0.717) is 64.1 Å². The average Bonchev–Trinajstić information content (AvgIpc) is 3.10. The van der Waals surface area contributed by atoms with Gasteiger partial charge in [-0.25, -0.2) is 4.79 Å². The predicted octanol–water partition coefficient (Wildman–Crippen LogP) is 5.72. The van der Waals surface area contributed by atoms with Crippen LogP contribution in [0, 0.1) is 0 Å². The lowest BCUT2D eigenvalue weighted by atomic mass is 9.90. The molecule has 0 unspecified atom stereocenters. The molecule has 0 atom stereocenters. The number of hydrogen-bond acceptors (Lipinski definition) is 11. The molecular weight excluding hydrogens is 700 g/mol. The number of hydrogen-bond donors (Lipinski definition) is 3. The highest BCUT2D eigenvalue weighted by molar-refractivity contribution is 8.04. The minimum atomic E-state index is -0.721. The van der Waals surface area contributed by atoms with Gasteiger partial charge in [-0.1, -0.05) is 60.1 Å². The highest BCUT2D eigenvalue weighted by Gasteiger charge is 2.45. The van der Waals surface area contributed by atoms with Crippen molar-refractivity contribution in [2.75, 3.05) is 37.7 Å². The Hall–Kier alpha value is -3.42. The quantitative estimate of drug-likeness (QED) is 0.246. The zero-order chi connectivity index (χ0) is 36.3. The van der Waals surface area contributed by atoms with E-state index in [1.54, 1.807) is 41.3 Å². The summed E-state index contributed by atoms with van der Waals surface area (Å²) in [4.78, 5) is 60.7. The van der Waals surface area contributed by atoms with E-state index >= 15 is 0 Å². The first kappa shape index (κ1) is 37.8. The summed E-state index contributed by atoms with van der Waals surface area (Å²) < 4.78 is 11.6. The number of rotatable bonds is 1. The summed E-state index contributed by atoms with van der Waals surface area (Å²) in [5.74, 6) is -0.0691. The van der Waals surface area contributed by atoms with Gasteiger partial charge in [-0.15, -0.1) is 11.8 Å². The van der Waals surface area contributed by atoms with Crippen molar-refractivity contribution in [3.05, 3.63) is 81.8 Å². The fraction of sp³-hybridized carbons (Fsp3) is 0.432. The van der Waals surface area contributed by atoms with Crippen LogP contribution in [0.3, 0.4) is 0 Å². The first-order chi connectivity index (χ1) is 23.7. The van der Waals surface area contributed by atoms with Gasteiger partial charge in [0.05, 0.1) is 10.6 Å². The van der Waals surface area contributed by atoms with Crippen LogP contribution in [-0.2, 0) is 19.1 Å². The van der Waals surface area contributed by atoms with Crippen LogP contribution in [0.4, 0.5) is 4.79 Å². The van der Waals surface area contributed by atoms with E-state index < -0.39 is 34.3 Å². The van der Waals surface area contributed by atoms with Crippen molar-refractivity contribution in [2.24, 2.45) is 0 Å². The van der Waals surface area contributed by atoms with E-state index in [4.69, 9.17) is 21.1 Å². The number of thioether (sulfide) groups is 1. The number of piperidine rings is 2. The molecule has 5 aliphatic rings. The first-order valence-corrected chi connectivity index (χ1v) is 18.5. The fourth-order valence-electron chi connectivity index (χ4n) is 6.01. The van der Waals surface area contributed by atoms with Crippen LogP contribution in [0.2, 0.25) is 0 Å². The molecule has 1 spiro atoms. The summed E-state index contributed by atoms with van der Waals surface area (Å²) >= 11 is 11.4. The standard InChI is InChI=1S/C16H15NO3S.C11H21NO3S.C10H5ClO2/c18-12-10-3-1-2-4-11(10)14-15(13(12)19)21-9-16(20-14)5-7-17-8-6-16;1-10(2,3)15-9(13)12-6-4-11(14,8-16)5-7-12;11-8-5-9(12)10(13)7-4-2-1-3-6(7)8/h1-4,17H,5-9H2;14,16H,4-8H2,1-3H3;1-5H. The summed E-state index contributed by atoms with van der Waals surface area (Å²) in [6, 6.07) is 14.0. The number of nitrogens with one attached hydrogen (secondary N) is 1. The van der Waals surface area contributed by atoms with E-state index in [2.05, 4.69) is 17.9 Å². The number of ketones is 4. The number of Topliss-reactive ketones (excluding diaryl/α,β-unsaturated/α-hetero) is 3. The molecule has 2 N–H and O–H groups in total. The summed E-state index contributed by atoms with van der Waals surface area (Å²) in [5.41, 5.74) is 0.863. The van der Waals surface area contributed by atoms with E-state index in [0.717, 1.165) is 43.3 Å². The monoisotopic (exact) mass is 740 g/mol. The highest BCUT2D eigenvalue weighted by atomic mass is 35.5. The number of amides is 1. The molecule has 0 saturated carbocycles. The zero-order valence-corrected chi connectivity index (χ0v) is 30.7. The molecule has 0 bridgehead atoms. The van der Waals surface area contributed by atoms with Crippen LogP contribution < -0.4 is 5.32 Å². The Morgan fingerprint density at radius 3 is 2.06 bits per heavy atom. The molecule has 3 aliphatic heterocycles. The lowest BCUT2D eigenvalue weighted by molar-refractivity contribution is -0.112. The van der Waals surface area contributed by atoms with Crippen molar-refractivity contribution in [3.63, 3.8) is 0 Å². The predicted molar refractivity (Wildman–Crippen MR) is 197 cm³/mol. The lowest BCUT2D eigenvalue weighted by Gasteiger charge is -2.42. The second kappa shape index (κ2) is 15.4. The van der Waals surface area contributed by atoms with E-state index in [1.807, 2.05) is 32.9 Å². The number of fused-ring (bicyclic) bond motifs is 3. The van der Waals surface area contributed by atoms with Gasteiger partial charge in [0.1, 0.15) is 21.9 Å². The van der Waals surface area contributed by atoms with E-state index in [1.165, 1.54) is 11.8 Å². The number of halogens is 1. The number of likely N-dealkylation sites (tertiary alicyclic amines) is 1. The smallest absolute Gasteiger partial charge is 0.410 e. The molecule has 3 heterocycles. The topological polar surface area (TPSA) is 139 Å². The summed E-state index contributed by atoms with van der Waals surface area (Å²) in [6.07, 6.45) is 3.86. The number of allylic oxidation sites excluding steroid dienone is 2. The highest BCUT2D eigenvalue weighted by Crippen LogP contribution is 2.46. The maximum atomic E-state index is 12.3. The number of benzene rings is 2. The van der Waals surface area contributed by atoms with Gasteiger partial charge in [-0.2, -0.15) is 12.6 Å². The van der Waals surface area contributed by atoms with E-state index in [-0.39, 0.29) is 11.7 Å². The van der Waals surface area contributed by atoms with Crippen LogP contribution >= 0.6 is 36.0 Å². The molecule has 7 rings (SSSR count). The normalized spacial score (nSPS) is 20.5. The number of thiol groups is 1. The third-order valence-corrected chi connectivity index (χ3v) is 11.1. The van der Waals surface area contributed by atoms with E-state index in [9.17, 15) is 29.1 Å². The molecule has 10 nitrogen and oxygen atoms in total. The van der Waals surface area contributed by atoms with Crippen molar-refractivity contribution in [1.82, 2.24) is 10.2 Å². The third-order valence-electron chi connectivity index (χ3n) is 8.90. The molecule has 266 valence electrons. The van der Waals surface area contributed by atoms with Crippen molar-refractivity contribution < 1.29 is 38.6 Å². The number of aliphatic hydroxyl groups is 1. The molecule has 2 aromatic rings. The van der Waals surface area contributed by atoms with Crippen LogP contribution in [0.25, 0.3) is 10.8 Å². The van der Waals surface area contributed by atoms with Gasteiger partial charge in [0.15, 0.2) is 0 Å². The lowest BCUT2D eigenvalue weighted by Crippen LogP contribution is -2.48. The molecule has 50 heavy (non-hydrogen) atoms. The molecule has 0 aromatic heterocycles. The number of ether oxygens (including phenoxy) is 2. The van der Waals surface area contributed by atoms with Gasteiger partial charge in [0, 0.05) is 65.8 Å². The zero-order valence-electron chi connectivity index (χ0n) is 28.3. The van der Waals surface area contributed by atoms with Crippen molar-refractivity contribution in [2.45, 2.75) is 63.3 Å². The molecule has 2 saturated heterocycles. The molecule has 2 aromatic carbocycles. The Morgan fingerprint density at radius 1 is 0.920 bits per heavy atom. The summed E-state index contributed by atoms with van der Waals surface area (Å²) in [6.45, 7) is 8.46. The molecular formula is C37H41ClN2O8S2. The van der Waals surface area contributed by atoms with Crippen molar-refractivity contribution in [1.29, 1.82) is 0 Å². The van der Waals surface area contributed by atoms with Gasteiger partial charge in [0.2, 0.25) is 23.1 Å². The Kier molecular flexibility index (Phi) is 11.7. The number of carbonyl (C=O) groups is 5. The molecule has 1 amide bonds. The van der Waals surface area contributed by atoms with Gasteiger partial charge in [-0.3, -0.25) is 19.2 Å². The Bertz CT molecular complexity index is 1750. The maximum absolute atomic E-state index is 12.3. The maximum Gasteiger partial charge on any atom is 0.410 e. The summed E-state index contributed by atoms with van der Waals surface area (Å²) in [7, 11) is 0. The number of nitrogens with zero attached hydrogens (tertiary/aromatic N) is 1. The second-order valence-electron chi connectivity index (χ2n) is 13.8. The average molecular weight is 741 g/mol. The SMILES string of the molecule is CC(C)(C)OC(=O)N1CCC(O)(CS)CC1.O=C1C(=O)c2ccccc2C2=C1SCC1(CCNCC1)O2.O=C1C=C(Cl)c2ccccc2C1=O. The second-order valence-corrected chi connectivity index (χ2v) is 15.5. The van der Waals surface area contributed by atoms with Gasteiger partial charge >= 0.3 is 6.09 Å². The largest absolute Gasteiger partial charge is 0.484 e. The minimum Gasteiger partial charge on any atom is -0.484 e. The van der Waals surface area contributed by atoms with Gasteiger partial charge in [-0.05, 0) is 46.7 Å². The third kappa shape index (κ3) is 8.54. The molecule has 0 radical (unpaired) electrons. The van der Waals surface area contributed by atoms with Crippen LogP contribution in [0.1, 0.15) is 78.3 Å². The Morgan fingerprint density at radius 2 is 1.48 bits per heavy atom. The van der Waals surface area contributed by atoms with Gasteiger partial charge in [0.25, 0.3) is 0 Å². The first-order valence-electron chi connectivity index (χ1n) is 16.5. The van der Waals surface area contributed by atoms with Crippen LogP contribution in [0.15, 0.2) is 59.5 Å². The minimum absolute atomic E-state index is 0.206. The van der Waals surface area contributed by atoms with Crippen molar-refractivity contribution in [3.8, 4) is 0 Å². The molecule has 2 fully saturated rings.